The van der Waals surface area contributed by atoms with Crippen LogP contribution in [-0.2, 0) is 26.0 Å². The van der Waals surface area contributed by atoms with E-state index in [1.807, 2.05) is 24.3 Å². The summed E-state index contributed by atoms with van der Waals surface area (Å²) in [5.41, 5.74) is 1.90. The summed E-state index contributed by atoms with van der Waals surface area (Å²) >= 11 is 6.02. The van der Waals surface area contributed by atoms with Crippen LogP contribution >= 0.6 is 11.6 Å². The van der Waals surface area contributed by atoms with Crippen molar-refractivity contribution in [3.05, 3.63) is 58.6 Å². The predicted octanol–water partition coefficient (Wildman–Crippen LogP) is 3.12. The standard InChI is InChI=1S/C21H23ClN2O5S/c1-14(20(25)24-12-6-8-15-7-4-5-9-18(15)24)29-21(26)16-10-11-17(22)19(13-16)30(27,28)23(2)3/h4-5,7,9-11,13-14H,6,8,12H2,1-3H3. The number of carbonyl (C=O) groups is 2. The summed E-state index contributed by atoms with van der Waals surface area (Å²) < 4.78 is 31.2. The van der Waals surface area contributed by atoms with Gasteiger partial charge in [0.05, 0.1) is 10.6 Å². The van der Waals surface area contributed by atoms with Gasteiger partial charge in [-0.05, 0) is 49.6 Å². The third-order valence-corrected chi connectivity index (χ3v) is 7.23. The van der Waals surface area contributed by atoms with Crippen molar-refractivity contribution in [1.82, 2.24) is 4.31 Å². The van der Waals surface area contributed by atoms with Gasteiger partial charge in [0.25, 0.3) is 5.91 Å². The van der Waals surface area contributed by atoms with Gasteiger partial charge in [-0.15, -0.1) is 0 Å². The highest BCUT2D eigenvalue weighted by atomic mass is 35.5. The van der Waals surface area contributed by atoms with E-state index in [0.717, 1.165) is 34.5 Å². The number of anilines is 1. The Balaban J connectivity index is 1.79. The van der Waals surface area contributed by atoms with Crippen LogP contribution in [0.15, 0.2) is 47.4 Å². The van der Waals surface area contributed by atoms with Crippen LogP contribution in [0.1, 0.15) is 29.3 Å². The van der Waals surface area contributed by atoms with Gasteiger partial charge in [0.1, 0.15) is 4.90 Å². The summed E-state index contributed by atoms with van der Waals surface area (Å²) in [7, 11) is -1.10. The molecule has 0 saturated heterocycles. The first-order valence-corrected chi connectivity index (χ1v) is 11.3. The van der Waals surface area contributed by atoms with Crippen molar-refractivity contribution in [2.75, 3.05) is 25.5 Å². The van der Waals surface area contributed by atoms with Crippen LogP contribution in [0.2, 0.25) is 5.02 Å². The topological polar surface area (TPSA) is 84.0 Å². The molecule has 7 nitrogen and oxygen atoms in total. The molecule has 0 bridgehead atoms. The number of amides is 1. The number of fused-ring (bicyclic) bond motifs is 1. The van der Waals surface area contributed by atoms with Crippen molar-refractivity contribution in [3.63, 3.8) is 0 Å². The Labute approximate surface area is 181 Å². The van der Waals surface area contributed by atoms with E-state index >= 15 is 0 Å². The Hall–Kier alpha value is -2.42. The van der Waals surface area contributed by atoms with Gasteiger partial charge in [-0.25, -0.2) is 17.5 Å². The van der Waals surface area contributed by atoms with Gasteiger partial charge in [0.15, 0.2) is 6.10 Å². The van der Waals surface area contributed by atoms with Crippen LogP contribution in [0.25, 0.3) is 0 Å². The second kappa shape index (κ2) is 8.75. The molecule has 0 radical (unpaired) electrons. The predicted molar refractivity (Wildman–Crippen MR) is 114 cm³/mol. The molecular weight excluding hydrogens is 428 g/mol. The zero-order valence-corrected chi connectivity index (χ0v) is 18.5. The lowest BCUT2D eigenvalue weighted by atomic mass is 10.0. The van der Waals surface area contributed by atoms with Crippen LogP contribution in [0.4, 0.5) is 5.69 Å². The average Bonchev–Trinajstić information content (AvgIpc) is 2.72. The summed E-state index contributed by atoms with van der Waals surface area (Å²) in [5, 5.41) is -0.00528. The highest BCUT2D eigenvalue weighted by molar-refractivity contribution is 7.89. The number of aryl methyl sites for hydroxylation is 1. The Kier molecular flexibility index (Phi) is 6.50. The van der Waals surface area contributed by atoms with Crippen LogP contribution in [0.5, 0.6) is 0 Å². The molecule has 1 aliphatic heterocycles. The number of ether oxygens (including phenoxy) is 1. The summed E-state index contributed by atoms with van der Waals surface area (Å²) in [5.74, 6) is -1.13. The molecule has 1 unspecified atom stereocenters. The molecule has 160 valence electrons. The number of hydrogen-bond donors (Lipinski definition) is 0. The maximum atomic E-state index is 12.9. The molecule has 1 atom stereocenters. The highest BCUT2D eigenvalue weighted by Gasteiger charge is 2.29. The Morgan fingerprint density at radius 1 is 1.17 bits per heavy atom. The zero-order chi connectivity index (χ0) is 22.1. The number of benzene rings is 2. The second-order valence-corrected chi connectivity index (χ2v) is 9.73. The molecule has 0 saturated carbocycles. The summed E-state index contributed by atoms with van der Waals surface area (Å²) in [4.78, 5) is 27.0. The van der Waals surface area contributed by atoms with E-state index < -0.39 is 22.1 Å². The van der Waals surface area contributed by atoms with Crippen molar-refractivity contribution in [2.24, 2.45) is 0 Å². The quantitative estimate of drug-likeness (QED) is 0.653. The lowest BCUT2D eigenvalue weighted by Gasteiger charge is -2.31. The molecule has 1 heterocycles. The molecule has 0 fully saturated rings. The number of hydrogen-bond acceptors (Lipinski definition) is 5. The van der Waals surface area contributed by atoms with Gasteiger partial charge in [-0.2, -0.15) is 0 Å². The molecule has 3 rings (SSSR count). The molecule has 1 aliphatic rings. The third-order valence-electron chi connectivity index (χ3n) is 4.93. The fourth-order valence-corrected chi connectivity index (χ4v) is 4.68. The van der Waals surface area contributed by atoms with Crippen LogP contribution < -0.4 is 4.90 Å². The first kappa shape index (κ1) is 22.3. The normalized spacial score (nSPS) is 14.9. The van der Waals surface area contributed by atoms with Gasteiger partial charge in [-0.1, -0.05) is 29.8 Å². The molecule has 30 heavy (non-hydrogen) atoms. The number of rotatable bonds is 5. The van der Waals surface area contributed by atoms with Gasteiger partial charge in [0, 0.05) is 26.3 Å². The Bertz CT molecular complexity index is 1080. The Morgan fingerprint density at radius 3 is 2.57 bits per heavy atom. The molecule has 0 spiro atoms. The Morgan fingerprint density at radius 2 is 1.87 bits per heavy atom. The molecule has 0 aromatic heterocycles. The molecule has 1 amide bonds. The van der Waals surface area contributed by atoms with Crippen LogP contribution in [-0.4, -0.2) is 51.3 Å². The van der Waals surface area contributed by atoms with E-state index in [1.165, 1.54) is 33.2 Å². The molecular formula is C21H23ClN2O5S. The minimum Gasteiger partial charge on any atom is -0.449 e. The van der Waals surface area contributed by atoms with E-state index in [-0.39, 0.29) is 21.4 Å². The van der Waals surface area contributed by atoms with E-state index in [9.17, 15) is 18.0 Å². The minimum atomic E-state index is -3.84. The van der Waals surface area contributed by atoms with E-state index in [1.54, 1.807) is 4.90 Å². The molecule has 2 aromatic carbocycles. The second-order valence-electron chi connectivity index (χ2n) is 7.20. The fraction of sp³-hybridized carbons (Fsp3) is 0.333. The zero-order valence-electron chi connectivity index (χ0n) is 17.0. The van der Waals surface area contributed by atoms with Crippen molar-refractivity contribution < 1.29 is 22.7 Å². The number of halogens is 1. The first-order chi connectivity index (χ1) is 14.1. The third kappa shape index (κ3) is 4.35. The van der Waals surface area contributed by atoms with Crippen molar-refractivity contribution in [1.29, 1.82) is 0 Å². The average molecular weight is 451 g/mol. The molecule has 0 aliphatic carbocycles. The molecule has 0 N–H and O–H groups in total. The monoisotopic (exact) mass is 450 g/mol. The van der Waals surface area contributed by atoms with Gasteiger partial charge >= 0.3 is 5.97 Å². The fourth-order valence-electron chi connectivity index (χ4n) is 3.29. The van der Waals surface area contributed by atoms with E-state index in [0.29, 0.717) is 6.54 Å². The number of esters is 1. The SMILES string of the molecule is CC(OC(=O)c1ccc(Cl)c(S(=O)(=O)N(C)C)c1)C(=O)N1CCCc2ccccc21. The molecule has 9 heteroatoms. The smallest absolute Gasteiger partial charge is 0.338 e. The lowest BCUT2D eigenvalue weighted by molar-refractivity contribution is -0.126. The minimum absolute atomic E-state index is 0.00137. The maximum absolute atomic E-state index is 12.9. The van der Waals surface area contributed by atoms with Gasteiger partial charge in [-0.3, -0.25) is 4.79 Å². The van der Waals surface area contributed by atoms with Crippen LogP contribution in [0, 0.1) is 0 Å². The van der Waals surface area contributed by atoms with E-state index in [2.05, 4.69) is 0 Å². The lowest BCUT2D eigenvalue weighted by Crippen LogP contribution is -2.42. The number of para-hydroxylation sites is 1. The number of carbonyl (C=O) groups excluding carboxylic acids is 2. The van der Waals surface area contributed by atoms with E-state index in [4.69, 9.17) is 16.3 Å². The maximum Gasteiger partial charge on any atom is 0.338 e. The summed E-state index contributed by atoms with van der Waals surface area (Å²) in [6, 6.07) is 11.5. The number of nitrogens with zero attached hydrogens (tertiary/aromatic N) is 2. The van der Waals surface area contributed by atoms with Crippen molar-refractivity contribution >= 4 is 39.2 Å². The summed E-state index contributed by atoms with van der Waals surface area (Å²) in [6.07, 6.45) is 0.683. The van der Waals surface area contributed by atoms with Crippen LogP contribution in [0.3, 0.4) is 0 Å². The van der Waals surface area contributed by atoms with Gasteiger partial charge in [0.2, 0.25) is 10.0 Å². The highest BCUT2D eigenvalue weighted by Crippen LogP contribution is 2.28. The first-order valence-electron chi connectivity index (χ1n) is 9.45. The molecule has 2 aromatic rings. The summed E-state index contributed by atoms with van der Waals surface area (Å²) in [6.45, 7) is 2.05. The van der Waals surface area contributed by atoms with Crippen molar-refractivity contribution in [3.8, 4) is 0 Å². The number of sulfonamides is 1. The largest absolute Gasteiger partial charge is 0.449 e. The van der Waals surface area contributed by atoms with Gasteiger partial charge < -0.3 is 9.64 Å². The van der Waals surface area contributed by atoms with Crippen molar-refractivity contribution in [2.45, 2.75) is 30.8 Å².